The summed E-state index contributed by atoms with van der Waals surface area (Å²) in [6.45, 7) is 0.924. The number of likely N-dealkylation sites (tertiary alicyclic amines) is 1. The summed E-state index contributed by atoms with van der Waals surface area (Å²) in [5.41, 5.74) is -0.167. The highest BCUT2D eigenvalue weighted by molar-refractivity contribution is 9.10. The first-order chi connectivity index (χ1) is 5.69. The van der Waals surface area contributed by atoms with E-state index in [9.17, 15) is 4.79 Å². The Morgan fingerprint density at radius 2 is 2.33 bits per heavy atom. The Kier molecular flexibility index (Phi) is 1.92. The fourth-order valence-electron chi connectivity index (χ4n) is 1.77. The molecule has 0 aromatic carbocycles. The van der Waals surface area contributed by atoms with Crippen LogP contribution in [0.15, 0.2) is 0 Å². The molecule has 1 aliphatic carbocycles. The van der Waals surface area contributed by atoms with Gasteiger partial charge in [-0.1, -0.05) is 15.9 Å². The number of alkyl halides is 1. The Balaban J connectivity index is 2.10. The highest BCUT2D eigenvalue weighted by Crippen LogP contribution is 2.44. The van der Waals surface area contributed by atoms with E-state index in [-0.39, 0.29) is 22.9 Å². The van der Waals surface area contributed by atoms with Gasteiger partial charge in [0.1, 0.15) is 0 Å². The lowest BCUT2D eigenvalue weighted by Gasteiger charge is -2.25. The Morgan fingerprint density at radius 3 is 2.67 bits per heavy atom. The molecule has 0 spiro atoms. The Bertz CT molecular complexity index is 215. The monoisotopic (exact) mass is 233 g/mol. The van der Waals surface area contributed by atoms with Crippen LogP contribution in [0.3, 0.4) is 0 Å². The lowest BCUT2D eigenvalue weighted by atomic mass is 10.2. The van der Waals surface area contributed by atoms with E-state index in [4.69, 9.17) is 5.11 Å². The van der Waals surface area contributed by atoms with Gasteiger partial charge in [0.25, 0.3) is 0 Å². The number of rotatable bonds is 2. The molecule has 0 aromatic heterocycles. The van der Waals surface area contributed by atoms with Crippen molar-refractivity contribution in [2.45, 2.75) is 29.6 Å². The predicted octanol–water partition coefficient (Wildman–Crippen LogP) is 0.507. The van der Waals surface area contributed by atoms with Gasteiger partial charge in [0.2, 0.25) is 5.91 Å². The van der Waals surface area contributed by atoms with E-state index in [0.29, 0.717) is 0 Å². The SMILES string of the molecule is O=C1C(Br)CCN1C1(CO)CC1. The summed E-state index contributed by atoms with van der Waals surface area (Å²) < 4.78 is 0. The van der Waals surface area contributed by atoms with Crippen LogP contribution in [0.1, 0.15) is 19.3 Å². The molecule has 0 radical (unpaired) electrons. The quantitative estimate of drug-likeness (QED) is 0.707. The summed E-state index contributed by atoms with van der Waals surface area (Å²) in [6, 6.07) is 0. The van der Waals surface area contributed by atoms with E-state index in [0.717, 1.165) is 25.8 Å². The molecule has 3 nitrogen and oxygen atoms in total. The van der Waals surface area contributed by atoms with E-state index >= 15 is 0 Å². The fraction of sp³-hybridized carbons (Fsp3) is 0.875. The van der Waals surface area contributed by atoms with Crippen molar-refractivity contribution in [1.29, 1.82) is 0 Å². The number of hydrogen-bond donors (Lipinski definition) is 1. The average molecular weight is 234 g/mol. The first-order valence-electron chi connectivity index (χ1n) is 4.26. The third kappa shape index (κ3) is 1.09. The largest absolute Gasteiger partial charge is 0.394 e. The van der Waals surface area contributed by atoms with E-state index in [2.05, 4.69) is 15.9 Å². The van der Waals surface area contributed by atoms with Crippen LogP contribution in [0.25, 0.3) is 0 Å². The zero-order valence-electron chi connectivity index (χ0n) is 6.79. The summed E-state index contributed by atoms with van der Waals surface area (Å²) in [7, 11) is 0. The van der Waals surface area contributed by atoms with Crippen molar-refractivity contribution in [3.05, 3.63) is 0 Å². The number of aliphatic hydroxyl groups is 1. The second-order valence-corrected chi connectivity index (χ2v) is 4.73. The molecule has 1 amide bonds. The van der Waals surface area contributed by atoms with Crippen LogP contribution in [-0.4, -0.2) is 39.4 Å². The standard InChI is InChI=1S/C8H12BrNO2/c9-6-1-4-10(7(6)12)8(5-11)2-3-8/h6,11H,1-5H2. The molecular formula is C8H12BrNO2. The molecule has 1 unspecified atom stereocenters. The fourth-order valence-corrected chi connectivity index (χ4v) is 2.23. The Hall–Kier alpha value is -0.0900. The van der Waals surface area contributed by atoms with Crippen molar-refractivity contribution >= 4 is 21.8 Å². The van der Waals surface area contributed by atoms with Crippen LogP contribution >= 0.6 is 15.9 Å². The zero-order chi connectivity index (χ0) is 8.77. The number of carbonyl (C=O) groups excluding carboxylic acids is 1. The highest BCUT2D eigenvalue weighted by Gasteiger charge is 2.52. The lowest BCUT2D eigenvalue weighted by Crippen LogP contribution is -2.42. The Morgan fingerprint density at radius 1 is 1.67 bits per heavy atom. The molecule has 0 bridgehead atoms. The van der Waals surface area contributed by atoms with Crippen molar-refractivity contribution in [3.8, 4) is 0 Å². The van der Waals surface area contributed by atoms with E-state index in [1.54, 1.807) is 0 Å². The van der Waals surface area contributed by atoms with Crippen LogP contribution in [0.2, 0.25) is 0 Å². The van der Waals surface area contributed by atoms with Crippen LogP contribution in [0, 0.1) is 0 Å². The summed E-state index contributed by atoms with van der Waals surface area (Å²) in [4.78, 5) is 13.3. The summed E-state index contributed by atoms with van der Waals surface area (Å²) >= 11 is 3.32. The predicted molar refractivity (Wildman–Crippen MR) is 48.1 cm³/mol. The summed E-state index contributed by atoms with van der Waals surface area (Å²) in [5, 5.41) is 9.11. The van der Waals surface area contributed by atoms with Crippen LogP contribution in [0.5, 0.6) is 0 Å². The molecule has 0 aromatic rings. The molecular weight excluding hydrogens is 222 g/mol. The van der Waals surface area contributed by atoms with Gasteiger partial charge in [-0.05, 0) is 19.3 Å². The van der Waals surface area contributed by atoms with Crippen LogP contribution in [0.4, 0.5) is 0 Å². The maximum absolute atomic E-state index is 11.5. The van der Waals surface area contributed by atoms with Crippen molar-refractivity contribution in [2.24, 2.45) is 0 Å². The number of aliphatic hydroxyl groups excluding tert-OH is 1. The number of halogens is 1. The number of hydrogen-bond acceptors (Lipinski definition) is 2. The van der Waals surface area contributed by atoms with Gasteiger partial charge in [0, 0.05) is 6.54 Å². The number of amides is 1. The molecule has 1 heterocycles. The van der Waals surface area contributed by atoms with Gasteiger partial charge in [-0.25, -0.2) is 0 Å². The van der Waals surface area contributed by atoms with Crippen molar-refractivity contribution < 1.29 is 9.90 Å². The molecule has 2 aliphatic rings. The molecule has 1 N–H and O–H groups in total. The molecule has 1 aliphatic heterocycles. The maximum atomic E-state index is 11.5. The van der Waals surface area contributed by atoms with Crippen molar-refractivity contribution in [2.75, 3.05) is 13.2 Å². The van der Waals surface area contributed by atoms with Crippen LogP contribution < -0.4 is 0 Å². The topological polar surface area (TPSA) is 40.5 Å². The molecule has 2 fully saturated rings. The van der Waals surface area contributed by atoms with Gasteiger partial charge in [-0.15, -0.1) is 0 Å². The first kappa shape index (κ1) is 8.51. The van der Waals surface area contributed by atoms with Gasteiger partial charge in [-0.2, -0.15) is 0 Å². The third-order valence-electron chi connectivity index (χ3n) is 2.83. The molecule has 68 valence electrons. The second-order valence-electron chi connectivity index (χ2n) is 3.63. The molecule has 1 atom stereocenters. The number of nitrogens with zero attached hydrogens (tertiary/aromatic N) is 1. The highest BCUT2D eigenvalue weighted by atomic mass is 79.9. The molecule has 2 rings (SSSR count). The summed E-state index contributed by atoms with van der Waals surface area (Å²) in [6.07, 6.45) is 2.81. The average Bonchev–Trinajstić information content (AvgIpc) is 2.79. The Labute approximate surface area is 79.9 Å². The smallest absolute Gasteiger partial charge is 0.236 e. The molecule has 4 heteroatoms. The minimum absolute atomic E-state index is 0.0125. The first-order valence-corrected chi connectivity index (χ1v) is 5.18. The van der Waals surface area contributed by atoms with Gasteiger partial charge >= 0.3 is 0 Å². The van der Waals surface area contributed by atoms with Gasteiger partial charge in [-0.3, -0.25) is 4.79 Å². The van der Waals surface area contributed by atoms with Gasteiger partial charge < -0.3 is 10.0 Å². The molecule has 1 saturated heterocycles. The van der Waals surface area contributed by atoms with Crippen molar-refractivity contribution in [3.63, 3.8) is 0 Å². The normalized spacial score (nSPS) is 32.7. The van der Waals surface area contributed by atoms with Crippen LogP contribution in [-0.2, 0) is 4.79 Å². The minimum atomic E-state index is -0.167. The minimum Gasteiger partial charge on any atom is -0.394 e. The second kappa shape index (κ2) is 2.70. The summed E-state index contributed by atoms with van der Waals surface area (Å²) in [5.74, 6) is 0.154. The van der Waals surface area contributed by atoms with Crippen molar-refractivity contribution in [1.82, 2.24) is 4.90 Å². The third-order valence-corrected chi connectivity index (χ3v) is 3.68. The zero-order valence-corrected chi connectivity index (χ0v) is 8.38. The lowest BCUT2D eigenvalue weighted by molar-refractivity contribution is -0.130. The van der Waals surface area contributed by atoms with E-state index in [1.807, 2.05) is 4.90 Å². The van der Waals surface area contributed by atoms with Gasteiger partial charge in [0.15, 0.2) is 0 Å². The van der Waals surface area contributed by atoms with E-state index < -0.39 is 0 Å². The molecule has 12 heavy (non-hydrogen) atoms. The number of carbonyl (C=O) groups is 1. The molecule has 1 saturated carbocycles. The van der Waals surface area contributed by atoms with E-state index in [1.165, 1.54) is 0 Å². The van der Waals surface area contributed by atoms with Gasteiger partial charge in [0.05, 0.1) is 17.0 Å². The maximum Gasteiger partial charge on any atom is 0.236 e.